The molecule has 3 aliphatic carbocycles. The third-order valence-electron chi connectivity index (χ3n) is 8.29. The van der Waals surface area contributed by atoms with Gasteiger partial charge < -0.3 is 15.3 Å². The molecule has 3 fully saturated rings. The lowest BCUT2D eigenvalue weighted by Gasteiger charge is -2.44. The molecular formula is C27H44O3. The molecule has 0 spiro atoms. The van der Waals surface area contributed by atoms with E-state index < -0.39 is 12.2 Å². The summed E-state index contributed by atoms with van der Waals surface area (Å²) in [7, 11) is 0. The van der Waals surface area contributed by atoms with E-state index in [-0.39, 0.29) is 6.61 Å². The van der Waals surface area contributed by atoms with Gasteiger partial charge in [-0.15, -0.1) is 0 Å². The van der Waals surface area contributed by atoms with Crippen LogP contribution in [0.15, 0.2) is 34.9 Å². The highest BCUT2D eigenvalue weighted by atomic mass is 16.3. The zero-order valence-corrected chi connectivity index (χ0v) is 19.6. The first-order chi connectivity index (χ1) is 14.3. The van der Waals surface area contributed by atoms with Crippen LogP contribution in [0, 0.1) is 29.1 Å². The van der Waals surface area contributed by atoms with Crippen LogP contribution in [0.3, 0.4) is 0 Å². The van der Waals surface area contributed by atoms with Gasteiger partial charge in [0.15, 0.2) is 0 Å². The monoisotopic (exact) mass is 416 g/mol. The largest absolute Gasteiger partial charge is 0.396 e. The van der Waals surface area contributed by atoms with Gasteiger partial charge in [-0.1, -0.05) is 57.1 Å². The highest BCUT2D eigenvalue weighted by Crippen LogP contribution is 2.60. The Labute approximate surface area is 184 Å². The normalized spacial score (nSPS) is 36.9. The van der Waals surface area contributed by atoms with Gasteiger partial charge in [0.05, 0.1) is 12.2 Å². The maximum Gasteiger partial charge on any atom is 0.0812 e. The maximum atomic E-state index is 10.5. The van der Waals surface area contributed by atoms with Crippen molar-refractivity contribution in [2.75, 3.05) is 6.61 Å². The third kappa shape index (κ3) is 5.11. The van der Waals surface area contributed by atoms with E-state index >= 15 is 0 Å². The predicted octanol–water partition coefficient (Wildman–Crippen LogP) is 5.56. The molecule has 0 aromatic rings. The van der Waals surface area contributed by atoms with Gasteiger partial charge in [-0.2, -0.15) is 0 Å². The van der Waals surface area contributed by atoms with Gasteiger partial charge in [0.25, 0.3) is 0 Å². The van der Waals surface area contributed by atoms with Crippen molar-refractivity contribution in [3.05, 3.63) is 34.9 Å². The SMILES string of the molecule is CC(C)C[C@H](C)C1CCC2C(=CC=C3C[C@@H](O)C(=CCCO)[C@H](O)C3)CCC[C@@]21C. The Morgan fingerprint density at radius 2 is 1.77 bits per heavy atom. The van der Waals surface area contributed by atoms with Crippen molar-refractivity contribution in [2.45, 2.75) is 97.7 Å². The number of allylic oxidation sites excluding steroid dienone is 3. The minimum absolute atomic E-state index is 0.0503. The number of fused-ring (bicyclic) bond motifs is 1. The summed E-state index contributed by atoms with van der Waals surface area (Å²) in [6.45, 7) is 9.78. The van der Waals surface area contributed by atoms with Crippen molar-refractivity contribution in [1.29, 1.82) is 0 Å². The van der Waals surface area contributed by atoms with Crippen molar-refractivity contribution >= 4 is 0 Å². The van der Waals surface area contributed by atoms with Crippen LogP contribution in [0.2, 0.25) is 0 Å². The van der Waals surface area contributed by atoms with Crippen LogP contribution in [-0.4, -0.2) is 34.1 Å². The van der Waals surface area contributed by atoms with Gasteiger partial charge in [0.2, 0.25) is 0 Å². The summed E-state index contributed by atoms with van der Waals surface area (Å²) in [5.74, 6) is 3.09. The lowest BCUT2D eigenvalue weighted by molar-refractivity contribution is 0.0893. The first kappa shape index (κ1) is 23.8. The van der Waals surface area contributed by atoms with Crippen molar-refractivity contribution < 1.29 is 15.3 Å². The Hall–Kier alpha value is -0.900. The first-order valence-corrected chi connectivity index (χ1v) is 12.3. The molecule has 0 bridgehead atoms. The molecule has 0 aromatic carbocycles. The lowest BCUT2D eigenvalue weighted by Crippen LogP contribution is -2.36. The molecule has 30 heavy (non-hydrogen) atoms. The quantitative estimate of drug-likeness (QED) is 0.497. The minimum atomic E-state index is -0.630. The second-order valence-corrected chi connectivity index (χ2v) is 10.9. The molecule has 3 aliphatic rings. The zero-order valence-electron chi connectivity index (χ0n) is 19.6. The van der Waals surface area contributed by atoms with Gasteiger partial charge in [-0.25, -0.2) is 0 Å². The molecule has 0 radical (unpaired) electrons. The number of hydrogen-bond donors (Lipinski definition) is 3. The van der Waals surface area contributed by atoms with Crippen molar-refractivity contribution in [2.24, 2.45) is 29.1 Å². The minimum Gasteiger partial charge on any atom is -0.396 e. The highest BCUT2D eigenvalue weighted by Gasteiger charge is 2.50. The molecular weight excluding hydrogens is 372 g/mol. The first-order valence-electron chi connectivity index (χ1n) is 12.3. The molecule has 3 heteroatoms. The average Bonchev–Trinajstić information content (AvgIpc) is 3.03. The molecule has 3 rings (SSSR count). The van der Waals surface area contributed by atoms with E-state index in [1.54, 1.807) is 11.6 Å². The van der Waals surface area contributed by atoms with Crippen LogP contribution >= 0.6 is 0 Å². The van der Waals surface area contributed by atoms with Gasteiger partial charge in [0, 0.05) is 6.61 Å². The molecule has 0 saturated heterocycles. The second kappa shape index (κ2) is 10.1. The Bertz CT molecular complexity index is 658. The second-order valence-electron chi connectivity index (χ2n) is 10.9. The van der Waals surface area contributed by atoms with Crippen LogP contribution in [-0.2, 0) is 0 Å². The third-order valence-corrected chi connectivity index (χ3v) is 8.29. The van der Waals surface area contributed by atoms with Crippen molar-refractivity contribution in [3.63, 3.8) is 0 Å². The molecule has 3 nitrogen and oxygen atoms in total. The zero-order chi connectivity index (χ0) is 21.9. The smallest absolute Gasteiger partial charge is 0.0812 e. The van der Waals surface area contributed by atoms with E-state index in [1.165, 1.54) is 38.5 Å². The number of aliphatic hydroxyl groups is 3. The summed E-state index contributed by atoms with van der Waals surface area (Å²) in [5.41, 5.74) is 3.85. The van der Waals surface area contributed by atoms with E-state index in [0.29, 0.717) is 36.2 Å². The Kier molecular flexibility index (Phi) is 8.03. The van der Waals surface area contributed by atoms with Crippen LogP contribution in [0.5, 0.6) is 0 Å². The Morgan fingerprint density at radius 3 is 2.40 bits per heavy atom. The van der Waals surface area contributed by atoms with Gasteiger partial charge in [-0.3, -0.25) is 0 Å². The summed E-state index contributed by atoms with van der Waals surface area (Å²) < 4.78 is 0. The molecule has 0 aliphatic heterocycles. The van der Waals surface area contributed by atoms with E-state index in [9.17, 15) is 10.2 Å². The lowest BCUT2D eigenvalue weighted by atomic mass is 9.60. The fraction of sp³-hybridized carbons (Fsp3) is 0.778. The summed E-state index contributed by atoms with van der Waals surface area (Å²) in [6.07, 6.45) is 14.6. The summed E-state index contributed by atoms with van der Waals surface area (Å²) in [6, 6.07) is 0. The van der Waals surface area contributed by atoms with Crippen LogP contribution in [0.1, 0.15) is 85.5 Å². The van der Waals surface area contributed by atoms with Crippen molar-refractivity contribution in [3.8, 4) is 0 Å². The fourth-order valence-corrected chi connectivity index (χ4v) is 7.02. The number of aliphatic hydroxyl groups excluding tert-OH is 3. The van der Waals surface area contributed by atoms with Gasteiger partial charge in [0.1, 0.15) is 0 Å². The van der Waals surface area contributed by atoms with E-state index in [2.05, 4.69) is 39.8 Å². The molecule has 3 N–H and O–H groups in total. The molecule has 0 aromatic heterocycles. The molecule has 0 heterocycles. The molecule has 0 amide bonds. The summed E-state index contributed by atoms with van der Waals surface area (Å²) in [5, 5.41) is 29.9. The Balaban J connectivity index is 1.72. The molecule has 6 atom stereocenters. The van der Waals surface area contributed by atoms with E-state index in [1.807, 2.05) is 0 Å². The number of hydrogen-bond acceptors (Lipinski definition) is 3. The molecule has 170 valence electrons. The summed E-state index contributed by atoms with van der Waals surface area (Å²) in [4.78, 5) is 0. The van der Waals surface area contributed by atoms with Gasteiger partial charge in [-0.05, 0) is 92.4 Å². The summed E-state index contributed by atoms with van der Waals surface area (Å²) >= 11 is 0. The average molecular weight is 417 g/mol. The Morgan fingerprint density at radius 1 is 1.07 bits per heavy atom. The van der Waals surface area contributed by atoms with Crippen molar-refractivity contribution in [1.82, 2.24) is 0 Å². The topological polar surface area (TPSA) is 60.7 Å². The fourth-order valence-electron chi connectivity index (χ4n) is 7.02. The van der Waals surface area contributed by atoms with Crippen LogP contribution in [0.25, 0.3) is 0 Å². The highest BCUT2D eigenvalue weighted by molar-refractivity contribution is 5.30. The molecule has 3 saturated carbocycles. The van der Waals surface area contributed by atoms with E-state index in [4.69, 9.17) is 5.11 Å². The van der Waals surface area contributed by atoms with Crippen LogP contribution in [0.4, 0.5) is 0 Å². The van der Waals surface area contributed by atoms with Gasteiger partial charge >= 0.3 is 0 Å². The van der Waals surface area contributed by atoms with Crippen LogP contribution < -0.4 is 0 Å². The maximum absolute atomic E-state index is 10.5. The van der Waals surface area contributed by atoms with E-state index in [0.717, 1.165) is 23.3 Å². The standard InChI is InChI=1S/C27H44O3/c1-18(2)15-19(3)23-11-12-24-21(7-5-13-27(23,24)4)10-9-20-16-25(29)22(8-6-14-28)26(30)17-20/h8-10,18-19,23-26,28-30H,5-7,11-17H2,1-4H3/t19-,23?,24?,25+,26+,27+/m0/s1. The number of rotatable bonds is 6. The molecule has 2 unspecified atom stereocenters. The predicted molar refractivity (Wildman–Crippen MR) is 124 cm³/mol.